The van der Waals surface area contributed by atoms with Gasteiger partial charge in [-0.2, -0.15) is 0 Å². The molecular formula is C9H9BF3KO2. The second-order valence-electron chi connectivity index (χ2n) is 3.09. The van der Waals surface area contributed by atoms with Crippen molar-refractivity contribution in [3.63, 3.8) is 0 Å². The zero-order chi connectivity index (χ0) is 11.6. The number of Topliss-reactive ketones (excluding diaryl/α,β-unsaturated/α-hetero) is 1. The minimum atomic E-state index is -5.06. The van der Waals surface area contributed by atoms with Gasteiger partial charge in [0, 0.05) is 0 Å². The number of carbonyl (C=O) groups is 1. The molecule has 7 heteroatoms. The number of methoxy groups -OCH3 is 1. The van der Waals surface area contributed by atoms with Crippen LogP contribution in [-0.4, -0.2) is 19.9 Å². The molecule has 82 valence electrons. The number of halogens is 3. The summed E-state index contributed by atoms with van der Waals surface area (Å²) in [6, 6.07) is 2.86. The molecule has 0 aliphatic carbocycles. The average Bonchev–Trinajstić information content (AvgIpc) is 2.15. The van der Waals surface area contributed by atoms with Gasteiger partial charge in [-0.15, -0.1) is 5.46 Å². The number of benzene rings is 1. The Balaban J connectivity index is 0.00000225. The number of ketones is 1. The molecule has 0 bridgehead atoms. The van der Waals surface area contributed by atoms with Gasteiger partial charge in [-0.05, 0) is 13.0 Å². The van der Waals surface area contributed by atoms with Gasteiger partial charge in [0.1, 0.15) is 5.75 Å². The van der Waals surface area contributed by atoms with E-state index < -0.39 is 12.4 Å². The fourth-order valence-electron chi connectivity index (χ4n) is 1.20. The summed E-state index contributed by atoms with van der Waals surface area (Å²) in [4.78, 5) is 11.0. The van der Waals surface area contributed by atoms with Crippen molar-refractivity contribution < 1.29 is 73.9 Å². The topological polar surface area (TPSA) is 26.3 Å². The number of hydrogen-bond donors (Lipinski definition) is 0. The molecule has 1 aromatic carbocycles. The smallest absolute Gasteiger partial charge is 0.496 e. The van der Waals surface area contributed by atoms with Crippen molar-refractivity contribution in [2.45, 2.75) is 6.92 Å². The second kappa shape index (κ2) is 6.21. The first kappa shape index (κ1) is 16.2. The van der Waals surface area contributed by atoms with E-state index in [1.54, 1.807) is 0 Å². The Morgan fingerprint density at radius 1 is 1.31 bits per heavy atom. The molecule has 0 aromatic heterocycles. The van der Waals surface area contributed by atoms with E-state index in [2.05, 4.69) is 0 Å². The molecular weight excluding hydrogens is 247 g/mol. The molecule has 2 nitrogen and oxygen atoms in total. The van der Waals surface area contributed by atoms with E-state index in [0.717, 1.165) is 18.2 Å². The van der Waals surface area contributed by atoms with E-state index in [0.29, 0.717) is 0 Å². The van der Waals surface area contributed by atoms with E-state index >= 15 is 0 Å². The molecule has 0 saturated heterocycles. The summed E-state index contributed by atoms with van der Waals surface area (Å²) in [5.41, 5.74) is -0.613. The normalized spacial score (nSPS) is 10.6. The van der Waals surface area contributed by atoms with Gasteiger partial charge in [-0.25, -0.2) is 0 Å². The van der Waals surface area contributed by atoms with Gasteiger partial charge in [0.05, 0.1) is 12.7 Å². The van der Waals surface area contributed by atoms with Crippen molar-refractivity contribution in [2.24, 2.45) is 0 Å². The largest absolute Gasteiger partial charge is 1.00 e. The Bertz CT molecular complexity index is 393. The fourth-order valence-corrected chi connectivity index (χ4v) is 1.20. The molecule has 0 N–H and O–H groups in total. The Kier molecular flexibility index (Phi) is 6.28. The van der Waals surface area contributed by atoms with Crippen LogP contribution in [0.1, 0.15) is 17.3 Å². The molecule has 0 aliphatic heterocycles. The minimum Gasteiger partial charge on any atom is -0.496 e. The van der Waals surface area contributed by atoms with Crippen molar-refractivity contribution in [3.8, 4) is 5.75 Å². The maximum absolute atomic E-state index is 12.4. The van der Waals surface area contributed by atoms with Crippen LogP contribution in [0.3, 0.4) is 0 Å². The van der Waals surface area contributed by atoms with Crippen molar-refractivity contribution in [1.29, 1.82) is 0 Å². The zero-order valence-corrected chi connectivity index (χ0v) is 12.4. The van der Waals surface area contributed by atoms with Crippen LogP contribution in [0.4, 0.5) is 12.9 Å². The average molecular weight is 256 g/mol. The van der Waals surface area contributed by atoms with Gasteiger partial charge >= 0.3 is 58.4 Å². The van der Waals surface area contributed by atoms with Gasteiger partial charge in [-0.1, -0.05) is 12.1 Å². The van der Waals surface area contributed by atoms with E-state index in [-0.39, 0.29) is 68.5 Å². The van der Waals surface area contributed by atoms with Crippen molar-refractivity contribution in [2.75, 3.05) is 7.11 Å². The summed E-state index contributed by atoms with van der Waals surface area (Å²) in [6.07, 6.45) is 0. The van der Waals surface area contributed by atoms with Crippen molar-refractivity contribution >= 4 is 18.2 Å². The van der Waals surface area contributed by atoms with Crippen LogP contribution in [0.5, 0.6) is 5.75 Å². The molecule has 0 fully saturated rings. The summed E-state index contributed by atoms with van der Waals surface area (Å²) in [5, 5.41) is 0. The van der Waals surface area contributed by atoms with E-state index in [9.17, 15) is 17.7 Å². The molecule has 0 amide bonds. The van der Waals surface area contributed by atoms with Crippen LogP contribution >= 0.6 is 0 Å². The molecule has 16 heavy (non-hydrogen) atoms. The third kappa shape index (κ3) is 3.89. The van der Waals surface area contributed by atoms with E-state index in [1.165, 1.54) is 14.0 Å². The third-order valence-corrected chi connectivity index (χ3v) is 1.98. The number of rotatable bonds is 3. The van der Waals surface area contributed by atoms with Crippen molar-refractivity contribution in [1.82, 2.24) is 0 Å². The standard InChI is InChI=1S/C9H9BF3O2.K/c1-6(14)8-4-3-7(10(11,12)13)5-9(8)15-2;/h3-5H,1-2H3;/q-1;+1. The Hall–Kier alpha value is 0.181. The molecule has 0 saturated carbocycles. The van der Waals surface area contributed by atoms with Crippen LogP contribution in [0.25, 0.3) is 0 Å². The summed E-state index contributed by atoms with van der Waals surface area (Å²) < 4.78 is 41.8. The first-order chi connectivity index (χ1) is 6.86. The first-order valence-corrected chi connectivity index (χ1v) is 4.25. The van der Waals surface area contributed by atoms with Crippen LogP contribution in [-0.2, 0) is 0 Å². The van der Waals surface area contributed by atoms with Gasteiger partial charge < -0.3 is 17.7 Å². The minimum absolute atomic E-state index is 0. The number of ether oxygens (including phenoxy) is 1. The van der Waals surface area contributed by atoms with E-state index in [4.69, 9.17) is 4.74 Å². The number of hydrogen-bond acceptors (Lipinski definition) is 2. The SMILES string of the molecule is COc1cc([B-](F)(F)F)ccc1C(C)=O.[K+]. The van der Waals surface area contributed by atoms with Crippen molar-refractivity contribution in [3.05, 3.63) is 23.8 Å². The summed E-state index contributed by atoms with van der Waals surface area (Å²) in [7, 11) is 1.23. The van der Waals surface area contributed by atoms with Crippen LogP contribution in [0.15, 0.2) is 18.2 Å². The predicted molar refractivity (Wildman–Crippen MR) is 51.7 cm³/mol. The summed E-state index contributed by atoms with van der Waals surface area (Å²) in [5.74, 6) is -0.368. The molecule has 0 radical (unpaired) electrons. The van der Waals surface area contributed by atoms with Crippen LogP contribution in [0, 0.1) is 0 Å². The quantitative estimate of drug-likeness (QED) is 0.510. The zero-order valence-electron chi connectivity index (χ0n) is 9.26. The first-order valence-electron chi connectivity index (χ1n) is 4.25. The summed E-state index contributed by atoms with van der Waals surface area (Å²) >= 11 is 0. The second-order valence-corrected chi connectivity index (χ2v) is 3.09. The maximum atomic E-state index is 12.4. The molecule has 0 aliphatic rings. The monoisotopic (exact) mass is 256 g/mol. The van der Waals surface area contributed by atoms with Gasteiger partial charge in [0.25, 0.3) is 0 Å². The Morgan fingerprint density at radius 3 is 2.25 bits per heavy atom. The van der Waals surface area contributed by atoms with Crippen LogP contribution in [0.2, 0.25) is 0 Å². The molecule has 1 aromatic rings. The Morgan fingerprint density at radius 2 is 1.88 bits per heavy atom. The van der Waals surface area contributed by atoms with Crippen LogP contribution < -0.4 is 61.6 Å². The Labute approximate surface area is 134 Å². The number of carbonyl (C=O) groups excluding carboxylic acids is 1. The molecule has 0 atom stereocenters. The van der Waals surface area contributed by atoms with Gasteiger partial charge in [-0.3, -0.25) is 4.79 Å². The summed E-state index contributed by atoms with van der Waals surface area (Å²) in [6.45, 7) is -3.78. The van der Waals surface area contributed by atoms with Gasteiger partial charge in [0.2, 0.25) is 0 Å². The molecule has 0 heterocycles. The molecule has 0 spiro atoms. The van der Waals surface area contributed by atoms with Gasteiger partial charge in [0.15, 0.2) is 5.78 Å². The predicted octanol–water partition coefficient (Wildman–Crippen LogP) is -1.04. The van der Waals surface area contributed by atoms with E-state index in [1.807, 2.05) is 0 Å². The maximum Gasteiger partial charge on any atom is 1.00 e. The molecule has 1 rings (SSSR count). The third-order valence-electron chi connectivity index (χ3n) is 1.98. The molecule has 0 unspecified atom stereocenters. The fraction of sp³-hybridized carbons (Fsp3) is 0.222.